The van der Waals surface area contributed by atoms with Gasteiger partial charge in [-0.1, -0.05) is 70.5 Å². The van der Waals surface area contributed by atoms with E-state index < -0.39 is 5.91 Å². The summed E-state index contributed by atoms with van der Waals surface area (Å²) in [6.07, 6.45) is 1.57. The predicted octanol–water partition coefficient (Wildman–Crippen LogP) is 5.15. The molecule has 116 valence electrons. The number of hydrogen-bond donors (Lipinski definition) is 1. The van der Waals surface area contributed by atoms with E-state index in [0.29, 0.717) is 5.69 Å². The molecule has 0 aliphatic carbocycles. The number of carbonyl (C=O) groups is 1. The third kappa shape index (κ3) is 3.37. The fourth-order valence-electron chi connectivity index (χ4n) is 2.42. The summed E-state index contributed by atoms with van der Waals surface area (Å²) in [7, 11) is 0. The first-order chi connectivity index (χ1) is 11.7. The summed E-state index contributed by atoms with van der Waals surface area (Å²) in [4.78, 5) is 12.5. The largest absolute Gasteiger partial charge is 0.321 e. The van der Waals surface area contributed by atoms with E-state index in [9.17, 15) is 10.1 Å². The first kappa shape index (κ1) is 16.0. The number of nitrogens with zero attached hydrogens (tertiary/aromatic N) is 1. The molecular weight excluding hydrogens is 364 g/mol. The Morgan fingerprint density at radius 3 is 2.50 bits per heavy atom. The van der Waals surface area contributed by atoms with Crippen molar-refractivity contribution in [3.05, 3.63) is 82.3 Å². The molecule has 24 heavy (non-hydrogen) atoms. The zero-order valence-electron chi connectivity index (χ0n) is 12.7. The minimum Gasteiger partial charge on any atom is -0.321 e. The summed E-state index contributed by atoms with van der Waals surface area (Å²) in [6, 6.07) is 22.9. The standard InChI is InChI=1S/C20H13BrN2O/c21-18-10-4-2-7-15(18)12-16(13-22)20(24)23-19-11-5-8-14-6-1-3-9-17(14)19/h1-12H,(H,23,24)/b16-12+. The van der Waals surface area contributed by atoms with Crippen LogP contribution < -0.4 is 5.32 Å². The number of anilines is 1. The van der Waals surface area contributed by atoms with E-state index in [0.717, 1.165) is 20.8 Å². The lowest BCUT2D eigenvalue weighted by atomic mass is 10.1. The molecule has 1 amide bonds. The van der Waals surface area contributed by atoms with Crippen LogP contribution >= 0.6 is 15.9 Å². The normalized spacial score (nSPS) is 11.1. The monoisotopic (exact) mass is 376 g/mol. The number of benzene rings is 3. The molecule has 0 saturated carbocycles. The number of rotatable bonds is 3. The first-order valence-corrected chi connectivity index (χ1v) is 8.14. The van der Waals surface area contributed by atoms with Crippen molar-refractivity contribution in [1.82, 2.24) is 0 Å². The van der Waals surface area contributed by atoms with E-state index in [2.05, 4.69) is 21.2 Å². The highest BCUT2D eigenvalue weighted by Crippen LogP contribution is 2.24. The van der Waals surface area contributed by atoms with E-state index in [1.54, 1.807) is 6.08 Å². The Morgan fingerprint density at radius 2 is 1.71 bits per heavy atom. The maximum atomic E-state index is 12.5. The zero-order chi connectivity index (χ0) is 16.9. The highest BCUT2D eigenvalue weighted by atomic mass is 79.9. The molecule has 0 aromatic heterocycles. The van der Waals surface area contributed by atoms with Crippen molar-refractivity contribution in [1.29, 1.82) is 5.26 Å². The zero-order valence-corrected chi connectivity index (χ0v) is 14.2. The van der Waals surface area contributed by atoms with Gasteiger partial charge in [0, 0.05) is 15.5 Å². The van der Waals surface area contributed by atoms with Gasteiger partial charge < -0.3 is 5.32 Å². The molecule has 0 saturated heterocycles. The number of carbonyl (C=O) groups excluding carboxylic acids is 1. The molecule has 0 aliphatic heterocycles. The van der Waals surface area contributed by atoms with E-state index in [4.69, 9.17) is 0 Å². The van der Waals surface area contributed by atoms with Crippen LogP contribution in [-0.4, -0.2) is 5.91 Å². The average molecular weight is 377 g/mol. The topological polar surface area (TPSA) is 52.9 Å². The highest BCUT2D eigenvalue weighted by Gasteiger charge is 2.11. The van der Waals surface area contributed by atoms with Crippen molar-refractivity contribution in [3.8, 4) is 6.07 Å². The molecule has 0 unspecified atom stereocenters. The lowest BCUT2D eigenvalue weighted by Crippen LogP contribution is -2.13. The van der Waals surface area contributed by atoms with E-state index in [-0.39, 0.29) is 5.57 Å². The van der Waals surface area contributed by atoms with Crippen LogP contribution in [0.2, 0.25) is 0 Å². The van der Waals surface area contributed by atoms with Crippen LogP contribution in [0, 0.1) is 11.3 Å². The molecule has 0 aliphatic rings. The van der Waals surface area contributed by atoms with Crippen molar-refractivity contribution in [2.75, 3.05) is 5.32 Å². The third-order valence-electron chi connectivity index (χ3n) is 3.61. The average Bonchev–Trinajstić information content (AvgIpc) is 2.61. The Balaban J connectivity index is 1.93. The second-order valence-electron chi connectivity index (χ2n) is 5.17. The molecule has 0 bridgehead atoms. The van der Waals surface area contributed by atoms with Crippen molar-refractivity contribution >= 4 is 44.4 Å². The van der Waals surface area contributed by atoms with Gasteiger partial charge in [0.1, 0.15) is 11.6 Å². The number of nitrogens with one attached hydrogen (secondary N) is 1. The number of nitriles is 1. The van der Waals surface area contributed by atoms with E-state index >= 15 is 0 Å². The van der Waals surface area contributed by atoms with Gasteiger partial charge in [0.05, 0.1) is 0 Å². The molecule has 0 heterocycles. The number of hydrogen-bond acceptors (Lipinski definition) is 2. The minimum absolute atomic E-state index is 0.0508. The summed E-state index contributed by atoms with van der Waals surface area (Å²) in [5, 5.41) is 14.1. The maximum Gasteiger partial charge on any atom is 0.266 e. The molecule has 0 fully saturated rings. The van der Waals surface area contributed by atoms with Gasteiger partial charge in [-0.15, -0.1) is 0 Å². The van der Waals surface area contributed by atoms with Crippen LogP contribution in [0.3, 0.4) is 0 Å². The van der Waals surface area contributed by atoms with Crippen molar-refractivity contribution < 1.29 is 4.79 Å². The minimum atomic E-state index is -0.426. The van der Waals surface area contributed by atoms with Crippen LogP contribution in [0.25, 0.3) is 16.8 Å². The number of halogens is 1. The molecule has 0 atom stereocenters. The van der Waals surface area contributed by atoms with Gasteiger partial charge in [-0.2, -0.15) is 5.26 Å². The Kier molecular flexibility index (Phi) is 4.74. The Hall–Kier alpha value is -2.90. The van der Waals surface area contributed by atoms with Gasteiger partial charge in [0.15, 0.2) is 0 Å². The van der Waals surface area contributed by atoms with Crippen molar-refractivity contribution in [2.45, 2.75) is 0 Å². The summed E-state index contributed by atoms with van der Waals surface area (Å²) in [6.45, 7) is 0. The van der Waals surface area contributed by atoms with E-state index in [1.165, 1.54) is 0 Å². The molecule has 0 spiro atoms. The Morgan fingerprint density at radius 1 is 1.00 bits per heavy atom. The fourth-order valence-corrected chi connectivity index (χ4v) is 2.82. The summed E-state index contributed by atoms with van der Waals surface area (Å²) in [5.74, 6) is -0.426. The lowest BCUT2D eigenvalue weighted by molar-refractivity contribution is -0.112. The van der Waals surface area contributed by atoms with Gasteiger partial charge in [-0.3, -0.25) is 4.79 Å². The van der Waals surface area contributed by atoms with Gasteiger partial charge >= 0.3 is 0 Å². The van der Waals surface area contributed by atoms with Crippen molar-refractivity contribution in [3.63, 3.8) is 0 Å². The third-order valence-corrected chi connectivity index (χ3v) is 4.33. The predicted molar refractivity (Wildman–Crippen MR) is 100 cm³/mol. The fraction of sp³-hybridized carbons (Fsp3) is 0. The van der Waals surface area contributed by atoms with Crippen LogP contribution in [0.15, 0.2) is 76.8 Å². The molecule has 1 N–H and O–H groups in total. The first-order valence-electron chi connectivity index (χ1n) is 7.34. The van der Waals surface area contributed by atoms with Gasteiger partial charge in [-0.05, 0) is 29.2 Å². The maximum absolute atomic E-state index is 12.5. The quantitative estimate of drug-likeness (QED) is 0.507. The van der Waals surface area contributed by atoms with Crippen LogP contribution in [-0.2, 0) is 4.79 Å². The Bertz CT molecular complexity index is 981. The van der Waals surface area contributed by atoms with E-state index in [1.807, 2.05) is 72.8 Å². The summed E-state index contributed by atoms with van der Waals surface area (Å²) < 4.78 is 0.829. The molecule has 3 aromatic rings. The SMILES string of the molecule is N#C/C(=C\c1ccccc1Br)C(=O)Nc1cccc2ccccc12. The molecule has 4 heteroatoms. The lowest BCUT2D eigenvalue weighted by Gasteiger charge is -2.08. The van der Waals surface area contributed by atoms with Gasteiger partial charge in [0.25, 0.3) is 5.91 Å². The molecule has 3 rings (SSSR count). The number of fused-ring (bicyclic) bond motifs is 1. The highest BCUT2D eigenvalue weighted by molar-refractivity contribution is 9.10. The molecule has 0 radical (unpaired) electrons. The summed E-state index contributed by atoms with van der Waals surface area (Å²) in [5.41, 5.74) is 1.52. The second kappa shape index (κ2) is 7.12. The Labute approximate surface area is 148 Å². The molecular formula is C20H13BrN2O. The van der Waals surface area contributed by atoms with Crippen LogP contribution in [0.1, 0.15) is 5.56 Å². The second-order valence-corrected chi connectivity index (χ2v) is 6.03. The van der Waals surface area contributed by atoms with Crippen LogP contribution in [0.5, 0.6) is 0 Å². The van der Waals surface area contributed by atoms with Gasteiger partial charge in [-0.25, -0.2) is 0 Å². The smallest absolute Gasteiger partial charge is 0.266 e. The van der Waals surface area contributed by atoms with Crippen LogP contribution in [0.4, 0.5) is 5.69 Å². The molecule has 3 nitrogen and oxygen atoms in total. The molecule has 3 aromatic carbocycles. The van der Waals surface area contributed by atoms with Gasteiger partial charge in [0.2, 0.25) is 0 Å². The van der Waals surface area contributed by atoms with Crippen molar-refractivity contribution in [2.24, 2.45) is 0 Å². The summed E-state index contributed by atoms with van der Waals surface area (Å²) >= 11 is 3.42. The number of amides is 1.